The fraction of sp³-hybridized carbons (Fsp3) is 0.667. The number of rotatable bonds is 2. The zero-order valence-electron chi connectivity index (χ0n) is 12.1. The van der Waals surface area contributed by atoms with Crippen molar-refractivity contribution in [2.45, 2.75) is 18.9 Å². The van der Waals surface area contributed by atoms with Crippen molar-refractivity contribution in [1.82, 2.24) is 14.8 Å². The van der Waals surface area contributed by atoms with Crippen molar-refractivity contribution in [2.24, 2.45) is 0 Å². The number of likely N-dealkylation sites (N-methyl/N-ethyl adjacent to an activating group) is 1. The highest BCUT2D eigenvalue weighted by Gasteiger charge is 2.27. The van der Waals surface area contributed by atoms with Gasteiger partial charge in [-0.05, 0) is 38.6 Å². The molecule has 0 N–H and O–H groups in total. The van der Waals surface area contributed by atoms with Gasteiger partial charge in [0.05, 0.1) is 5.02 Å². The summed E-state index contributed by atoms with van der Waals surface area (Å²) in [5, 5.41) is 0.706. The largest absolute Gasteiger partial charge is 0.354 e. The number of nitrogens with zero attached hydrogens (tertiary/aromatic N) is 4. The van der Waals surface area contributed by atoms with Gasteiger partial charge in [0, 0.05) is 45.0 Å². The van der Waals surface area contributed by atoms with Crippen molar-refractivity contribution in [3.8, 4) is 0 Å². The van der Waals surface area contributed by atoms with Gasteiger partial charge in [-0.3, -0.25) is 4.90 Å². The van der Waals surface area contributed by atoms with Crippen LogP contribution in [0, 0.1) is 0 Å². The number of halogens is 1. The van der Waals surface area contributed by atoms with Crippen molar-refractivity contribution >= 4 is 17.4 Å². The van der Waals surface area contributed by atoms with E-state index in [1.54, 1.807) is 6.20 Å². The van der Waals surface area contributed by atoms with E-state index in [0.29, 0.717) is 5.02 Å². The van der Waals surface area contributed by atoms with Gasteiger partial charge in [0.25, 0.3) is 0 Å². The second-order valence-electron chi connectivity index (χ2n) is 5.92. The van der Waals surface area contributed by atoms with Crippen molar-refractivity contribution in [2.75, 3.05) is 51.2 Å². The van der Waals surface area contributed by atoms with Gasteiger partial charge in [0.15, 0.2) is 0 Å². The predicted molar refractivity (Wildman–Crippen MR) is 83.6 cm³/mol. The molecular formula is C15H23ClN4. The highest BCUT2D eigenvalue weighted by Crippen LogP contribution is 2.20. The van der Waals surface area contributed by atoms with Gasteiger partial charge in [-0.2, -0.15) is 0 Å². The third-order valence-electron chi connectivity index (χ3n) is 4.47. The standard InChI is InChI=1S/C15H23ClN4/c1-18-6-2-3-14(12-18)19-7-9-20(10-8-19)15-5-4-13(16)11-17-15/h4-5,11,14H,2-3,6-10,12H2,1H3/t14-/m1/s1. The molecule has 0 amide bonds. The van der Waals surface area contributed by atoms with E-state index in [9.17, 15) is 0 Å². The number of likely N-dealkylation sites (tertiary alicyclic amines) is 1. The molecule has 1 aromatic heterocycles. The summed E-state index contributed by atoms with van der Waals surface area (Å²) in [5.41, 5.74) is 0. The highest BCUT2D eigenvalue weighted by atomic mass is 35.5. The van der Waals surface area contributed by atoms with Crippen LogP contribution in [0.1, 0.15) is 12.8 Å². The third kappa shape index (κ3) is 3.25. The van der Waals surface area contributed by atoms with Crippen LogP contribution in [0.25, 0.3) is 0 Å². The lowest BCUT2D eigenvalue weighted by atomic mass is 10.0. The van der Waals surface area contributed by atoms with E-state index >= 15 is 0 Å². The number of aromatic nitrogens is 1. The second kappa shape index (κ2) is 6.29. The number of anilines is 1. The molecule has 2 aliphatic rings. The van der Waals surface area contributed by atoms with Gasteiger partial charge in [-0.15, -0.1) is 0 Å². The van der Waals surface area contributed by atoms with E-state index in [1.165, 1.54) is 25.9 Å². The topological polar surface area (TPSA) is 22.6 Å². The van der Waals surface area contributed by atoms with Crippen molar-refractivity contribution < 1.29 is 0 Å². The van der Waals surface area contributed by atoms with Crippen molar-refractivity contribution in [1.29, 1.82) is 0 Å². The maximum atomic E-state index is 5.90. The predicted octanol–water partition coefficient (Wildman–Crippen LogP) is 1.95. The molecule has 20 heavy (non-hydrogen) atoms. The number of hydrogen-bond acceptors (Lipinski definition) is 4. The molecule has 1 atom stereocenters. The first-order chi connectivity index (χ1) is 9.72. The summed E-state index contributed by atoms with van der Waals surface area (Å²) in [4.78, 5) is 11.9. The Morgan fingerprint density at radius 3 is 2.60 bits per heavy atom. The Balaban J connectivity index is 1.55. The minimum absolute atomic E-state index is 0.706. The van der Waals surface area contributed by atoms with Gasteiger partial charge in [-0.25, -0.2) is 4.98 Å². The molecule has 1 aromatic rings. The number of hydrogen-bond donors (Lipinski definition) is 0. The van der Waals surface area contributed by atoms with E-state index < -0.39 is 0 Å². The van der Waals surface area contributed by atoms with Crippen LogP contribution in [-0.2, 0) is 0 Å². The van der Waals surface area contributed by atoms with Gasteiger partial charge < -0.3 is 9.80 Å². The molecule has 0 radical (unpaired) electrons. The molecule has 4 nitrogen and oxygen atoms in total. The summed E-state index contributed by atoms with van der Waals surface area (Å²) in [6, 6.07) is 4.69. The molecule has 0 bridgehead atoms. The number of pyridine rings is 1. The van der Waals surface area contributed by atoms with E-state index in [4.69, 9.17) is 11.6 Å². The first-order valence-electron chi connectivity index (χ1n) is 7.51. The van der Waals surface area contributed by atoms with Crippen LogP contribution in [0.2, 0.25) is 5.02 Å². The number of piperidine rings is 1. The summed E-state index contributed by atoms with van der Waals surface area (Å²) in [6.45, 7) is 6.89. The summed E-state index contributed by atoms with van der Waals surface area (Å²) in [7, 11) is 2.24. The molecule has 3 rings (SSSR count). The zero-order valence-corrected chi connectivity index (χ0v) is 12.9. The molecule has 2 fully saturated rings. The molecule has 0 saturated carbocycles. The highest BCUT2D eigenvalue weighted by molar-refractivity contribution is 6.30. The van der Waals surface area contributed by atoms with E-state index in [0.717, 1.165) is 38.0 Å². The Hall–Kier alpha value is -0.840. The lowest BCUT2D eigenvalue weighted by molar-refractivity contribution is 0.106. The fourth-order valence-corrected chi connectivity index (χ4v) is 3.42. The second-order valence-corrected chi connectivity index (χ2v) is 6.35. The smallest absolute Gasteiger partial charge is 0.128 e. The number of piperazine rings is 1. The van der Waals surface area contributed by atoms with Gasteiger partial charge in [0.1, 0.15) is 5.82 Å². The molecule has 3 heterocycles. The Morgan fingerprint density at radius 2 is 1.95 bits per heavy atom. The first-order valence-corrected chi connectivity index (χ1v) is 7.89. The Kier molecular flexibility index (Phi) is 4.44. The van der Waals surface area contributed by atoms with Crippen LogP contribution in [0.15, 0.2) is 18.3 Å². The SMILES string of the molecule is CN1CCC[C@@H](N2CCN(c3ccc(Cl)cn3)CC2)C1. The molecule has 0 aromatic carbocycles. The lowest BCUT2D eigenvalue weighted by Crippen LogP contribution is -2.54. The quantitative estimate of drug-likeness (QED) is 0.831. The summed E-state index contributed by atoms with van der Waals surface area (Å²) < 4.78 is 0. The molecule has 0 aliphatic carbocycles. The first kappa shape index (κ1) is 14.1. The Labute approximate surface area is 126 Å². The average Bonchev–Trinajstić information content (AvgIpc) is 2.48. The molecule has 0 unspecified atom stereocenters. The molecule has 0 spiro atoms. The lowest BCUT2D eigenvalue weighted by Gasteiger charge is -2.43. The van der Waals surface area contributed by atoms with Crippen molar-refractivity contribution in [3.05, 3.63) is 23.4 Å². The van der Waals surface area contributed by atoms with Crippen LogP contribution in [0.3, 0.4) is 0 Å². The normalized spacial score (nSPS) is 25.9. The minimum Gasteiger partial charge on any atom is -0.354 e. The van der Waals surface area contributed by atoms with E-state index in [1.807, 2.05) is 12.1 Å². The van der Waals surface area contributed by atoms with Crippen LogP contribution >= 0.6 is 11.6 Å². The van der Waals surface area contributed by atoms with Crippen LogP contribution in [0.4, 0.5) is 5.82 Å². The Bertz CT molecular complexity index is 428. The summed E-state index contributed by atoms with van der Waals surface area (Å²) in [5.74, 6) is 1.05. The van der Waals surface area contributed by atoms with Gasteiger partial charge in [-0.1, -0.05) is 11.6 Å². The van der Waals surface area contributed by atoms with Gasteiger partial charge >= 0.3 is 0 Å². The van der Waals surface area contributed by atoms with Crippen LogP contribution in [-0.4, -0.2) is 67.1 Å². The maximum absolute atomic E-state index is 5.90. The minimum atomic E-state index is 0.706. The van der Waals surface area contributed by atoms with Crippen molar-refractivity contribution in [3.63, 3.8) is 0 Å². The van der Waals surface area contributed by atoms with E-state index in [-0.39, 0.29) is 0 Å². The molecular weight excluding hydrogens is 272 g/mol. The van der Waals surface area contributed by atoms with E-state index in [2.05, 4.69) is 26.7 Å². The molecule has 2 aliphatic heterocycles. The van der Waals surface area contributed by atoms with Gasteiger partial charge in [0.2, 0.25) is 0 Å². The van der Waals surface area contributed by atoms with Crippen LogP contribution < -0.4 is 4.90 Å². The fourth-order valence-electron chi connectivity index (χ4n) is 3.31. The summed E-state index contributed by atoms with van der Waals surface area (Å²) >= 11 is 5.90. The third-order valence-corrected chi connectivity index (χ3v) is 4.69. The Morgan fingerprint density at radius 1 is 1.15 bits per heavy atom. The molecule has 5 heteroatoms. The maximum Gasteiger partial charge on any atom is 0.128 e. The molecule has 110 valence electrons. The molecule has 2 saturated heterocycles. The van der Waals surface area contributed by atoms with Crippen LogP contribution in [0.5, 0.6) is 0 Å². The zero-order chi connectivity index (χ0) is 13.9. The summed E-state index contributed by atoms with van der Waals surface area (Å²) in [6.07, 6.45) is 4.42. The monoisotopic (exact) mass is 294 g/mol. The average molecular weight is 295 g/mol.